The molecule has 0 amide bonds. The highest BCUT2D eigenvalue weighted by molar-refractivity contribution is 7.16. The Morgan fingerprint density at radius 3 is 2.63 bits per heavy atom. The molecule has 4 nitrogen and oxygen atoms in total. The van der Waals surface area contributed by atoms with Crippen LogP contribution in [0.15, 0.2) is 6.33 Å². The van der Waals surface area contributed by atoms with Gasteiger partial charge in [-0.2, -0.15) is 0 Å². The summed E-state index contributed by atoms with van der Waals surface area (Å²) in [5, 5.41) is 9.32. The predicted molar refractivity (Wildman–Crippen MR) is 79.3 cm³/mol. The third-order valence-electron chi connectivity index (χ3n) is 4.18. The molecule has 1 aliphatic carbocycles. The molecule has 1 aliphatic rings. The maximum atomic E-state index is 6.17. The molecule has 0 atom stereocenters. The van der Waals surface area contributed by atoms with Crippen molar-refractivity contribution in [2.24, 2.45) is 0 Å². The number of aromatic nitrogens is 3. The number of aryl methyl sites for hydroxylation is 1. The smallest absolute Gasteiger partial charge is 0.167 e. The molecule has 3 rings (SSSR count). The molecule has 1 saturated carbocycles. The van der Waals surface area contributed by atoms with E-state index < -0.39 is 0 Å². The molecular weight excluding hydrogens is 256 g/mol. The Hall–Kier alpha value is -1.36. The molecule has 0 aliphatic heterocycles. The van der Waals surface area contributed by atoms with Crippen LogP contribution in [0.5, 0.6) is 0 Å². The van der Waals surface area contributed by atoms with Gasteiger partial charge in [-0.15, -0.1) is 21.5 Å². The summed E-state index contributed by atoms with van der Waals surface area (Å²) < 4.78 is 2.24. The Balaban J connectivity index is 2.04. The second kappa shape index (κ2) is 4.96. The number of thiophene rings is 1. The minimum Gasteiger partial charge on any atom is -0.390 e. The number of hydrogen-bond donors (Lipinski definition) is 1. The zero-order valence-electron chi connectivity index (χ0n) is 11.5. The van der Waals surface area contributed by atoms with E-state index in [1.165, 1.54) is 42.5 Å². The summed E-state index contributed by atoms with van der Waals surface area (Å²) in [5.41, 5.74) is 8.50. The molecule has 0 unspecified atom stereocenters. The van der Waals surface area contributed by atoms with E-state index >= 15 is 0 Å². The fourth-order valence-electron chi connectivity index (χ4n) is 2.98. The standard InChI is InChI=1S/C14H20N4S/c1-9-10(2)19-13(15)12(9)14-17-16-8-18(14)11-6-4-3-5-7-11/h8,11H,3-7,15H2,1-2H3. The highest BCUT2D eigenvalue weighted by Crippen LogP contribution is 2.39. The lowest BCUT2D eigenvalue weighted by atomic mass is 9.95. The molecule has 0 radical (unpaired) electrons. The molecular formula is C14H20N4S. The summed E-state index contributed by atoms with van der Waals surface area (Å²) in [6.07, 6.45) is 8.29. The van der Waals surface area contributed by atoms with Gasteiger partial charge < -0.3 is 10.3 Å². The second-order valence-electron chi connectivity index (χ2n) is 5.38. The van der Waals surface area contributed by atoms with Crippen LogP contribution in [0.2, 0.25) is 0 Å². The van der Waals surface area contributed by atoms with Gasteiger partial charge in [0.05, 0.1) is 10.6 Å². The number of hydrogen-bond acceptors (Lipinski definition) is 4. The minimum absolute atomic E-state index is 0.540. The van der Waals surface area contributed by atoms with E-state index in [2.05, 4.69) is 28.6 Å². The first kappa shape index (κ1) is 12.7. The van der Waals surface area contributed by atoms with Crippen LogP contribution < -0.4 is 5.73 Å². The Morgan fingerprint density at radius 2 is 2.00 bits per heavy atom. The first-order valence-corrected chi connectivity index (χ1v) is 7.75. The van der Waals surface area contributed by atoms with E-state index in [-0.39, 0.29) is 0 Å². The number of anilines is 1. The second-order valence-corrected chi connectivity index (χ2v) is 6.63. The fraction of sp³-hybridized carbons (Fsp3) is 0.571. The SMILES string of the molecule is Cc1sc(N)c(-c2nncn2C2CCCCC2)c1C. The van der Waals surface area contributed by atoms with Gasteiger partial charge in [-0.1, -0.05) is 19.3 Å². The van der Waals surface area contributed by atoms with E-state index in [4.69, 9.17) is 5.73 Å². The third-order valence-corrected chi connectivity index (χ3v) is 5.21. The summed E-state index contributed by atoms with van der Waals surface area (Å²) in [4.78, 5) is 1.27. The maximum Gasteiger partial charge on any atom is 0.167 e. The summed E-state index contributed by atoms with van der Waals surface area (Å²) in [7, 11) is 0. The van der Waals surface area contributed by atoms with Crippen molar-refractivity contribution >= 4 is 16.3 Å². The number of rotatable bonds is 2. The van der Waals surface area contributed by atoms with Gasteiger partial charge in [-0.25, -0.2) is 0 Å². The van der Waals surface area contributed by atoms with Crippen LogP contribution in [-0.2, 0) is 0 Å². The first-order chi connectivity index (χ1) is 9.18. The van der Waals surface area contributed by atoms with Crippen LogP contribution in [-0.4, -0.2) is 14.8 Å². The van der Waals surface area contributed by atoms with Gasteiger partial charge in [0, 0.05) is 10.9 Å². The molecule has 0 saturated heterocycles. The van der Waals surface area contributed by atoms with Crippen molar-refractivity contribution in [2.75, 3.05) is 5.73 Å². The molecule has 0 bridgehead atoms. The van der Waals surface area contributed by atoms with Crippen LogP contribution in [0.25, 0.3) is 11.4 Å². The van der Waals surface area contributed by atoms with Gasteiger partial charge in [-0.05, 0) is 32.3 Å². The lowest BCUT2D eigenvalue weighted by Crippen LogP contribution is -2.13. The van der Waals surface area contributed by atoms with E-state index in [1.807, 2.05) is 6.33 Å². The zero-order valence-corrected chi connectivity index (χ0v) is 12.3. The van der Waals surface area contributed by atoms with E-state index in [1.54, 1.807) is 11.3 Å². The van der Waals surface area contributed by atoms with Gasteiger partial charge in [-0.3, -0.25) is 0 Å². The molecule has 0 aromatic carbocycles. The van der Waals surface area contributed by atoms with Gasteiger partial charge in [0.2, 0.25) is 0 Å². The Kier molecular flexibility index (Phi) is 3.31. The van der Waals surface area contributed by atoms with Crippen molar-refractivity contribution in [1.29, 1.82) is 0 Å². The topological polar surface area (TPSA) is 56.7 Å². The van der Waals surface area contributed by atoms with Gasteiger partial charge in [0.15, 0.2) is 5.82 Å². The molecule has 102 valence electrons. The van der Waals surface area contributed by atoms with Crippen molar-refractivity contribution < 1.29 is 0 Å². The number of nitrogens with two attached hydrogens (primary N) is 1. The van der Waals surface area contributed by atoms with E-state index in [9.17, 15) is 0 Å². The zero-order chi connectivity index (χ0) is 13.4. The van der Waals surface area contributed by atoms with Crippen molar-refractivity contribution in [3.8, 4) is 11.4 Å². The number of nitrogen functional groups attached to an aromatic ring is 1. The lowest BCUT2D eigenvalue weighted by molar-refractivity contribution is 0.355. The van der Waals surface area contributed by atoms with Crippen LogP contribution >= 0.6 is 11.3 Å². The van der Waals surface area contributed by atoms with E-state index in [0.717, 1.165) is 16.4 Å². The van der Waals surface area contributed by atoms with Gasteiger partial charge >= 0.3 is 0 Å². The monoisotopic (exact) mass is 276 g/mol. The summed E-state index contributed by atoms with van der Waals surface area (Å²) >= 11 is 1.65. The van der Waals surface area contributed by atoms with Crippen molar-refractivity contribution in [3.63, 3.8) is 0 Å². The van der Waals surface area contributed by atoms with Crippen molar-refractivity contribution in [3.05, 3.63) is 16.8 Å². The largest absolute Gasteiger partial charge is 0.390 e. The summed E-state index contributed by atoms with van der Waals surface area (Å²) in [6, 6.07) is 0.540. The highest BCUT2D eigenvalue weighted by Gasteiger charge is 2.23. The van der Waals surface area contributed by atoms with E-state index in [0.29, 0.717) is 6.04 Å². The fourth-order valence-corrected chi connectivity index (χ4v) is 3.91. The molecule has 2 aromatic rings. The Morgan fingerprint density at radius 1 is 1.26 bits per heavy atom. The quantitative estimate of drug-likeness (QED) is 0.909. The summed E-state index contributed by atoms with van der Waals surface area (Å²) in [6.45, 7) is 4.23. The number of nitrogens with zero attached hydrogens (tertiary/aromatic N) is 3. The van der Waals surface area contributed by atoms with Crippen LogP contribution in [0, 0.1) is 13.8 Å². The van der Waals surface area contributed by atoms with Crippen molar-refractivity contribution in [2.45, 2.75) is 52.0 Å². The Bertz CT molecular complexity index is 578. The molecule has 2 aromatic heterocycles. The predicted octanol–water partition coefficient (Wildman–Crippen LogP) is 3.71. The first-order valence-electron chi connectivity index (χ1n) is 6.94. The molecule has 5 heteroatoms. The van der Waals surface area contributed by atoms with Crippen LogP contribution in [0.4, 0.5) is 5.00 Å². The van der Waals surface area contributed by atoms with Crippen LogP contribution in [0.3, 0.4) is 0 Å². The minimum atomic E-state index is 0.540. The normalized spacial score (nSPS) is 16.9. The average molecular weight is 276 g/mol. The summed E-state index contributed by atoms with van der Waals surface area (Å²) in [5.74, 6) is 0.950. The van der Waals surface area contributed by atoms with Crippen LogP contribution in [0.1, 0.15) is 48.6 Å². The van der Waals surface area contributed by atoms with Gasteiger partial charge in [0.25, 0.3) is 0 Å². The molecule has 1 fully saturated rings. The molecule has 2 N–H and O–H groups in total. The van der Waals surface area contributed by atoms with Gasteiger partial charge in [0.1, 0.15) is 6.33 Å². The highest BCUT2D eigenvalue weighted by atomic mass is 32.1. The lowest BCUT2D eigenvalue weighted by Gasteiger charge is -2.24. The maximum absolute atomic E-state index is 6.17. The molecule has 2 heterocycles. The van der Waals surface area contributed by atoms with Crippen molar-refractivity contribution in [1.82, 2.24) is 14.8 Å². The molecule has 19 heavy (non-hydrogen) atoms. The average Bonchev–Trinajstić information content (AvgIpc) is 2.97. The molecule has 0 spiro atoms. The third kappa shape index (κ3) is 2.16. The Labute approximate surface area is 117 Å².